The fraction of sp³-hybridized carbons (Fsp3) is 0.280. The smallest absolute Gasteiger partial charge is 0.263 e. The van der Waals surface area contributed by atoms with Crippen LogP contribution < -0.4 is 20.9 Å². The third kappa shape index (κ3) is 3.50. The highest BCUT2D eigenvalue weighted by Crippen LogP contribution is 2.41. The van der Waals surface area contributed by atoms with E-state index in [-0.39, 0.29) is 17.8 Å². The minimum absolute atomic E-state index is 0.0481. The van der Waals surface area contributed by atoms with Crippen LogP contribution in [0.5, 0.6) is 0 Å². The molecule has 3 N–H and O–H groups in total. The highest BCUT2D eigenvalue weighted by Gasteiger charge is 2.25. The second-order valence-corrected chi connectivity index (χ2v) is 9.72. The van der Waals surface area contributed by atoms with Crippen LogP contribution in [0, 0.1) is 5.82 Å². The molecular formula is C25H24FN5OS. The average Bonchev–Trinajstić information content (AvgIpc) is 3.15. The normalized spacial score (nSPS) is 18.7. The van der Waals surface area contributed by atoms with Crippen molar-refractivity contribution in [2.45, 2.75) is 13.0 Å². The molecular weight excluding hydrogens is 437 g/mol. The summed E-state index contributed by atoms with van der Waals surface area (Å²) in [4.78, 5) is 20.3. The van der Waals surface area contributed by atoms with E-state index in [4.69, 9.17) is 4.98 Å². The Morgan fingerprint density at radius 2 is 1.97 bits per heavy atom. The summed E-state index contributed by atoms with van der Waals surface area (Å²) in [6, 6.07) is 13.3. The molecule has 0 saturated carbocycles. The van der Waals surface area contributed by atoms with Crippen LogP contribution in [0.25, 0.3) is 32.2 Å². The zero-order valence-corrected chi connectivity index (χ0v) is 19.1. The number of carbonyl (C=O) groups excluding carboxylic acids is 1. The summed E-state index contributed by atoms with van der Waals surface area (Å²) in [5.74, 6) is -0.316. The van der Waals surface area contributed by atoms with Gasteiger partial charge in [-0.2, -0.15) is 0 Å². The van der Waals surface area contributed by atoms with E-state index in [1.165, 1.54) is 11.3 Å². The minimum atomic E-state index is -0.268. The highest BCUT2D eigenvalue weighted by atomic mass is 32.1. The lowest BCUT2D eigenvalue weighted by atomic mass is 10.0. The van der Waals surface area contributed by atoms with E-state index >= 15 is 4.39 Å². The molecule has 0 unspecified atom stereocenters. The number of hydrogen-bond donors (Lipinski definition) is 3. The lowest BCUT2D eigenvalue weighted by Gasteiger charge is -2.29. The minimum Gasteiger partial charge on any atom is -0.381 e. The molecule has 6 rings (SSSR count). The molecule has 2 aromatic carbocycles. The first-order valence-corrected chi connectivity index (χ1v) is 12.1. The van der Waals surface area contributed by atoms with Gasteiger partial charge in [0.25, 0.3) is 5.91 Å². The number of halogens is 1. The molecule has 1 fully saturated rings. The van der Waals surface area contributed by atoms with Crippen molar-refractivity contribution in [1.29, 1.82) is 0 Å². The van der Waals surface area contributed by atoms with Crippen LogP contribution in [0.2, 0.25) is 0 Å². The van der Waals surface area contributed by atoms with Crippen molar-refractivity contribution < 1.29 is 9.18 Å². The summed E-state index contributed by atoms with van der Waals surface area (Å²) in [7, 11) is 0. The Balaban J connectivity index is 1.42. The summed E-state index contributed by atoms with van der Waals surface area (Å²) in [5.41, 5.74) is 3.65. The van der Waals surface area contributed by atoms with Gasteiger partial charge in [-0.3, -0.25) is 4.79 Å². The Morgan fingerprint density at radius 1 is 1.12 bits per heavy atom. The third-order valence-corrected chi connectivity index (χ3v) is 7.56. The van der Waals surface area contributed by atoms with Gasteiger partial charge in [0.15, 0.2) is 0 Å². The number of rotatable bonds is 2. The first-order chi connectivity index (χ1) is 16.1. The number of anilines is 2. The molecule has 33 heavy (non-hydrogen) atoms. The lowest BCUT2D eigenvalue weighted by Crippen LogP contribution is -2.43. The van der Waals surface area contributed by atoms with Crippen molar-refractivity contribution in [2.24, 2.45) is 0 Å². The Kier molecular flexibility index (Phi) is 4.92. The molecule has 6 nitrogen and oxygen atoms in total. The zero-order chi connectivity index (χ0) is 22.5. The first-order valence-electron chi connectivity index (χ1n) is 11.2. The van der Waals surface area contributed by atoms with Gasteiger partial charge in [-0.05, 0) is 49.4 Å². The Labute approximate surface area is 194 Å². The topological polar surface area (TPSA) is 69.3 Å². The van der Waals surface area contributed by atoms with Gasteiger partial charge >= 0.3 is 0 Å². The number of benzene rings is 2. The first kappa shape index (κ1) is 20.4. The number of nitrogens with one attached hydrogen (secondary N) is 3. The number of fused-ring (bicyclic) bond motifs is 5. The number of hydrogen-bond acceptors (Lipinski definition) is 6. The number of carbonyl (C=O) groups is 1. The van der Waals surface area contributed by atoms with Crippen molar-refractivity contribution in [3.8, 4) is 11.3 Å². The van der Waals surface area contributed by atoms with Gasteiger partial charge in [-0.15, -0.1) is 11.3 Å². The molecule has 4 aromatic rings. The van der Waals surface area contributed by atoms with E-state index in [1.54, 1.807) is 6.07 Å². The number of piperazine rings is 1. The number of pyridine rings is 1. The summed E-state index contributed by atoms with van der Waals surface area (Å²) < 4.78 is 16.1. The molecule has 8 heteroatoms. The molecule has 1 amide bonds. The van der Waals surface area contributed by atoms with Crippen molar-refractivity contribution in [1.82, 2.24) is 15.6 Å². The van der Waals surface area contributed by atoms with Crippen molar-refractivity contribution >= 4 is 49.6 Å². The molecule has 1 atom stereocenters. The van der Waals surface area contributed by atoms with E-state index in [9.17, 15) is 4.79 Å². The van der Waals surface area contributed by atoms with E-state index in [0.717, 1.165) is 58.5 Å². The molecule has 1 saturated heterocycles. The molecule has 2 aromatic heterocycles. The van der Waals surface area contributed by atoms with E-state index in [2.05, 4.69) is 20.9 Å². The Morgan fingerprint density at radius 3 is 2.79 bits per heavy atom. The maximum Gasteiger partial charge on any atom is 0.263 e. The van der Waals surface area contributed by atoms with Crippen LogP contribution in [0.1, 0.15) is 16.6 Å². The van der Waals surface area contributed by atoms with Crippen molar-refractivity contribution in [3.05, 3.63) is 53.2 Å². The zero-order valence-electron chi connectivity index (χ0n) is 18.2. The molecule has 168 valence electrons. The second-order valence-electron chi connectivity index (χ2n) is 8.66. The molecule has 0 spiro atoms. The van der Waals surface area contributed by atoms with Gasteiger partial charge in [0.2, 0.25) is 0 Å². The largest absolute Gasteiger partial charge is 0.381 e. The summed E-state index contributed by atoms with van der Waals surface area (Å²) in [6.07, 6.45) is 0. The van der Waals surface area contributed by atoms with E-state index in [1.807, 2.05) is 43.3 Å². The molecule has 4 heterocycles. The van der Waals surface area contributed by atoms with Gasteiger partial charge in [0.1, 0.15) is 10.7 Å². The molecule has 0 radical (unpaired) electrons. The Hall–Kier alpha value is -3.23. The van der Waals surface area contributed by atoms with E-state index < -0.39 is 0 Å². The maximum atomic E-state index is 15.1. The van der Waals surface area contributed by atoms with Crippen LogP contribution in [-0.2, 0) is 0 Å². The van der Waals surface area contributed by atoms with Crippen molar-refractivity contribution in [3.63, 3.8) is 0 Å². The monoisotopic (exact) mass is 461 g/mol. The summed E-state index contributed by atoms with van der Waals surface area (Å²) in [5, 5.41) is 11.7. The highest BCUT2D eigenvalue weighted by molar-refractivity contribution is 7.21. The van der Waals surface area contributed by atoms with Crippen LogP contribution >= 0.6 is 11.3 Å². The quantitative estimate of drug-likeness (QED) is 0.417. The lowest BCUT2D eigenvalue weighted by molar-refractivity contribution is 0.0949. The number of amides is 1. The number of aromatic nitrogens is 1. The van der Waals surface area contributed by atoms with Crippen LogP contribution in [-0.4, -0.2) is 49.7 Å². The number of nitrogens with zero attached hydrogens (tertiary/aromatic N) is 2. The van der Waals surface area contributed by atoms with Gasteiger partial charge in [0, 0.05) is 65.5 Å². The van der Waals surface area contributed by atoms with Crippen LogP contribution in [0.3, 0.4) is 0 Å². The third-order valence-electron chi connectivity index (χ3n) is 6.40. The van der Waals surface area contributed by atoms with Gasteiger partial charge in [-0.25, -0.2) is 9.37 Å². The second kappa shape index (κ2) is 7.97. The molecule has 0 aliphatic carbocycles. The summed E-state index contributed by atoms with van der Waals surface area (Å²) in [6.45, 7) is 6.21. The Bertz CT molecular complexity index is 1390. The molecule has 0 bridgehead atoms. The summed E-state index contributed by atoms with van der Waals surface area (Å²) >= 11 is 1.48. The molecule has 2 aliphatic rings. The average molecular weight is 462 g/mol. The predicted octanol–water partition coefficient (Wildman–Crippen LogP) is 4.21. The van der Waals surface area contributed by atoms with Crippen LogP contribution in [0.15, 0.2) is 42.5 Å². The predicted molar refractivity (Wildman–Crippen MR) is 133 cm³/mol. The fourth-order valence-electron chi connectivity index (χ4n) is 4.71. The van der Waals surface area contributed by atoms with Crippen LogP contribution in [0.4, 0.5) is 15.8 Å². The maximum absolute atomic E-state index is 15.1. The van der Waals surface area contributed by atoms with Gasteiger partial charge in [0.05, 0.1) is 16.9 Å². The fourth-order valence-corrected chi connectivity index (χ4v) is 5.81. The van der Waals surface area contributed by atoms with E-state index in [0.29, 0.717) is 22.7 Å². The van der Waals surface area contributed by atoms with Crippen molar-refractivity contribution in [2.75, 3.05) is 42.9 Å². The standard InChI is InChI=1S/C25H24FN5OS/c1-14-13-28-23-22-17-4-5-19(30-20(17)6-7-21(22)33-24(23)25(32)29-14)16-3-2-15(12-18(16)26)31-10-8-27-9-11-31/h2-7,12,14,27-28H,8-11,13H2,1H3,(H,29,32)/t14-/m1/s1. The number of thiophene rings is 1. The SMILES string of the molecule is C[C@@H]1CNc2c(sc3ccc4nc(-c5ccc(N6CCNCC6)cc5F)ccc4c23)C(=O)N1. The van der Waals surface area contributed by atoms with Gasteiger partial charge < -0.3 is 20.9 Å². The molecule has 2 aliphatic heterocycles. The van der Waals surface area contributed by atoms with Gasteiger partial charge in [-0.1, -0.05) is 0 Å².